The van der Waals surface area contributed by atoms with E-state index in [2.05, 4.69) is 24.1 Å². The van der Waals surface area contributed by atoms with Crippen molar-refractivity contribution in [3.8, 4) is 0 Å². The van der Waals surface area contributed by atoms with Crippen LogP contribution in [0.25, 0.3) is 0 Å². The van der Waals surface area contributed by atoms with Crippen molar-refractivity contribution in [2.45, 2.75) is 20.3 Å². The van der Waals surface area contributed by atoms with Crippen LogP contribution in [0.1, 0.15) is 18.2 Å². The van der Waals surface area contributed by atoms with Crippen molar-refractivity contribution in [2.24, 2.45) is 0 Å². The molecule has 0 radical (unpaired) electrons. The van der Waals surface area contributed by atoms with Gasteiger partial charge in [-0.2, -0.15) is 0 Å². The summed E-state index contributed by atoms with van der Waals surface area (Å²) in [7, 11) is 1.93. The Bertz CT molecular complexity index is 243. The number of hydrogen-bond donors (Lipinski definition) is 1. The number of anilines is 1. The summed E-state index contributed by atoms with van der Waals surface area (Å²) in [6.45, 7) is 4.20. The molecule has 0 spiro atoms. The van der Waals surface area contributed by atoms with Crippen molar-refractivity contribution in [3.63, 3.8) is 0 Å². The van der Waals surface area contributed by atoms with Gasteiger partial charge in [-0.25, -0.2) is 0 Å². The van der Waals surface area contributed by atoms with Gasteiger partial charge >= 0.3 is 0 Å². The number of aromatic nitrogens is 1. The molecule has 11 heavy (non-hydrogen) atoms. The van der Waals surface area contributed by atoms with E-state index in [1.807, 2.05) is 19.3 Å². The maximum atomic E-state index is 4.27. The standard InChI is InChI=1S/C9H14N2/c1-4-8-9(10-3)7(2)5-6-11-8/h5-6,10H,4H2,1-3H3. The molecule has 0 aliphatic rings. The van der Waals surface area contributed by atoms with Crippen LogP contribution >= 0.6 is 0 Å². The fourth-order valence-electron chi connectivity index (χ4n) is 1.22. The SMILES string of the molecule is CCc1nccc(C)c1NC. The maximum Gasteiger partial charge on any atom is 0.0634 e. The molecule has 0 aromatic carbocycles. The molecule has 0 saturated heterocycles. The summed E-state index contributed by atoms with van der Waals surface area (Å²) in [5.74, 6) is 0. The Morgan fingerprint density at radius 3 is 2.73 bits per heavy atom. The van der Waals surface area contributed by atoms with Gasteiger partial charge in [-0.3, -0.25) is 4.98 Å². The number of nitrogens with one attached hydrogen (secondary N) is 1. The lowest BCUT2D eigenvalue weighted by Gasteiger charge is -2.08. The average Bonchev–Trinajstić information content (AvgIpc) is 2.04. The third kappa shape index (κ3) is 1.50. The predicted octanol–water partition coefficient (Wildman–Crippen LogP) is 1.99. The van der Waals surface area contributed by atoms with Gasteiger partial charge in [0.15, 0.2) is 0 Å². The Labute approximate surface area is 67.7 Å². The van der Waals surface area contributed by atoms with Crippen LogP contribution in [-0.4, -0.2) is 12.0 Å². The van der Waals surface area contributed by atoms with Gasteiger partial charge in [0.1, 0.15) is 0 Å². The van der Waals surface area contributed by atoms with Crippen molar-refractivity contribution < 1.29 is 0 Å². The van der Waals surface area contributed by atoms with Crippen LogP contribution in [0.2, 0.25) is 0 Å². The Morgan fingerprint density at radius 2 is 2.27 bits per heavy atom. The van der Waals surface area contributed by atoms with E-state index in [1.54, 1.807) is 0 Å². The van der Waals surface area contributed by atoms with E-state index in [9.17, 15) is 0 Å². The van der Waals surface area contributed by atoms with Gasteiger partial charge in [0.2, 0.25) is 0 Å². The van der Waals surface area contributed by atoms with Crippen molar-refractivity contribution >= 4 is 5.69 Å². The molecule has 0 atom stereocenters. The number of aryl methyl sites for hydroxylation is 2. The molecule has 0 saturated carbocycles. The zero-order valence-electron chi connectivity index (χ0n) is 7.31. The number of hydrogen-bond acceptors (Lipinski definition) is 2. The minimum absolute atomic E-state index is 0.984. The van der Waals surface area contributed by atoms with Crippen molar-refractivity contribution in [1.82, 2.24) is 4.98 Å². The molecule has 2 nitrogen and oxygen atoms in total. The molecule has 60 valence electrons. The summed E-state index contributed by atoms with van der Waals surface area (Å²) in [5.41, 5.74) is 3.59. The lowest BCUT2D eigenvalue weighted by Crippen LogP contribution is -1.99. The highest BCUT2D eigenvalue weighted by Gasteiger charge is 2.01. The molecular weight excluding hydrogens is 136 g/mol. The van der Waals surface area contributed by atoms with Crippen molar-refractivity contribution in [1.29, 1.82) is 0 Å². The minimum atomic E-state index is 0.984. The van der Waals surface area contributed by atoms with Crippen LogP contribution in [0.4, 0.5) is 5.69 Å². The topological polar surface area (TPSA) is 24.9 Å². The summed E-state index contributed by atoms with van der Waals surface area (Å²) in [4.78, 5) is 4.27. The monoisotopic (exact) mass is 150 g/mol. The molecule has 0 aliphatic heterocycles. The van der Waals surface area contributed by atoms with E-state index in [4.69, 9.17) is 0 Å². The van der Waals surface area contributed by atoms with Crippen molar-refractivity contribution in [3.05, 3.63) is 23.5 Å². The van der Waals surface area contributed by atoms with Gasteiger partial charge < -0.3 is 5.32 Å². The van der Waals surface area contributed by atoms with E-state index in [0.717, 1.165) is 12.1 Å². The van der Waals surface area contributed by atoms with Crippen LogP contribution in [-0.2, 0) is 6.42 Å². The number of rotatable bonds is 2. The third-order valence-electron chi connectivity index (χ3n) is 1.82. The first-order valence-electron chi connectivity index (χ1n) is 3.91. The van der Waals surface area contributed by atoms with Crippen LogP contribution in [0.5, 0.6) is 0 Å². The van der Waals surface area contributed by atoms with Gasteiger partial charge in [0.05, 0.1) is 11.4 Å². The smallest absolute Gasteiger partial charge is 0.0634 e. The van der Waals surface area contributed by atoms with E-state index >= 15 is 0 Å². The van der Waals surface area contributed by atoms with Gasteiger partial charge in [-0.05, 0) is 25.0 Å². The number of nitrogens with zero attached hydrogens (tertiary/aromatic N) is 1. The van der Waals surface area contributed by atoms with Gasteiger partial charge in [0, 0.05) is 13.2 Å². The molecule has 0 amide bonds. The first-order valence-corrected chi connectivity index (χ1v) is 3.91. The van der Waals surface area contributed by atoms with E-state index in [-0.39, 0.29) is 0 Å². The molecule has 0 aliphatic carbocycles. The molecule has 1 aromatic heterocycles. The summed E-state index contributed by atoms with van der Waals surface area (Å²) < 4.78 is 0. The van der Waals surface area contributed by atoms with E-state index in [1.165, 1.54) is 11.3 Å². The first-order chi connectivity index (χ1) is 5.29. The van der Waals surface area contributed by atoms with Crippen LogP contribution in [0, 0.1) is 6.92 Å². The van der Waals surface area contributed by atoms with Crippen LogP contribution < -0.4 is 5.32 Å². The quantitative estimate of drug-likeness (QED) is 0.697. The van der Waals surface area contributed by atoms with Gasteiger partial charge in [-0.15, -0.1) is 0 Å². The summed E-state index contributed by atoms with van der Waals surface area (Å²) >= 11 is 0. The predicted molar refractivity (Wildman–Crippen MR) is 47.9 cm³/mol. The van der Waals surface area contributed by atoms with Gasteiger partial charge in [-0.1, -0.05) is 6.92 Å². The second-order valence-corrected chi connectivity index (χ2v) is 2.55. The summed E-state index contributed by atoms with van der Waals surface area (Å²) in [5, 5.41) is 3.15. The Hall–Kier alpha value is -1.05. The maximum absolute atomic E-state index is 4.27. The normalized spacial score (nSPS) is 9.73. The zero-order chi connectivity index (χ0) is 8.27. The van der Waals surface area contributed by atoms with Gasteiger partial charge in [0.25, 0.3) is 0 Å². The second-order valence-electron chi connectivity index (χ2n) is 2.55. The lowest BCUT2D eigenvalue weighted by atomic mass is 10.1. The molecule has 1 rings (SSSR count). The van der Waals surface area contributed by atoms with Crippen molar-refractivity contribution in [2.75, 3.05) is 12.4 Å². The molecule has 2 heteroatoms. The highest BCUT2D eigenvalue weighted by Crippen LogP contribution is 2.17. The zero-order valence-corrected chi connectivity index (χ0v) is 7.31. The molecule has 1 heterocycles. The highest BCUT2D eigenvalue weighted by atomic mass is 14.9. The summed E-state index contributed by atoms with van der Waals surface area (Å²) in [6, 6.07) is 2.02. The molecular formula is C9H14N2. The minimum Gasteiger partial charge on any atom is -0.386 e. The third-order valence-corrected chi connectivity index (χ3v) is 1.82. The van der Waals surface area contributed by atoms with Crippen LogP contribution in [0.15, 0.2) is 12.3 Å². The highest BCUT2D eigenvalue weighted by molar-refractivity contribution is 5.53. The Balaban J connectivity index is 3.13. The first kappa shape index (κ1) is 8.05. The van der Waals surface area contributed by atoms with E-state index in [0.29, 0.717) is 0 Å². The lowest BCUT2D eigenvalue weighted by molar-refractivity contribution is 1.03. The number of pyridine rings is 1. The molecule has 1 aromatic rings. The molecule has 0 unspecified atom stereocenters. The Morgan fingerprint density at radius 1 is 1.55 bits per heavy atom. The molecule has 0 bridgehead atoms. The van der Waals surface area contributed by atoms with E-state index < -0.39 is 0 Å². The Kier molecular flexibility index (Phi) is 2.47. The summed E-state index contributed by atoms with van der Waals surface area (Å²) in [6.07, 6.45) is 2.84. The van der Waals surface area contributed by atoms with Crippen LogP contribution in [0.3, 0.4) is 0 Å². The molecule has 0 fully saturated rings. The average molecular weight is 150 g/mol. The fourth-order valence-corrected chi connectivity index (χ4v) is 1.22. The fraction of sp³-hybridized carbons (Fsp3) is 0.444. The largest absolute Gasteiger partial charge is 0.386 e. The second kappa shape index (κ2) is 3.37. The molecule has 1 N–H and O–H groups in total.